The molecule has 3 aromatic rings. The van der Waals surface area contributed by atoms with Crippen LogP contribution in [0.25, 0.3) is 22.2 Å². The summed E-state index contributed by atoms with van der Waals surface area (Å²) < 4.78 is 0. The van der Waals surface area contributed by atoms with Gasteiger partial charge in [0.25, 0.3) is 0 Å². The van der Waals surface area contributed by atoms with Crippen molar-refractivity contribution < 1.29 is 30.0 Å². The predicted molar refractivity (Wildman–Crippen MR) is 159 cm³/mol. The van der Waals surface area contributed by atoms with Gasteiger partial charge in [-0.3, -0.25) is 9.78 Å². The molecule has 4 saturated carbocycles. The van der Waals surface area contributed by atoms with Crippen LogP contribution in [-0.2, 0) is 35.7 Å². The molecule has 7 rings (SSSR count). The summed E-state index contributed by atoms with van der Waals surface area (Å²) >= 11 is 0. The number of allylic oxidation sites excluding steroid dienone is 2. The molecule has 0 atom stereocenters. The Labute approximate surface area is 253 Å². The Kier molecular flexibility index (Phi) is 8.16. The Morgan fingerprint density at radius 1 is 0.925 bits per heavy atom. The van der Waals surface area contributed by atoms with Crippen molar-refractivity contribution in [3.8, 4) is 11.3 Å². The van der Waals surface area contributed by atoms with E-state index in [2.05, 4.69) is 56.3 Å². The predicted octanol–water partition coefficient (Wildman–Crippen LogP) is 9.02. The molecule has 1 N–H and O–H groups in total. The minimum absolute atomic E-state index is 0. The van der Waals surface area contributed by atoms with Crippen LogP contribution in [0.4, 0.5) is 0 Å². The van der Waals surface area contributed by atoms with Gasteiger partial charge < -0.3 is 5.11 Å². The third-order valence-corrected chi connectivity index (χ3v) is 10.3. The van der Waals surface area contributed by atoms with Crippen LogP contribution in [0.2, 0.25) is 0 Å². The second-order valence-electron chi connectivity index (χ2n) is 13.3. The fourth-order valence-corrected chi connectivity index (χ4v) is 8.81. The minimum atomic E-state index is -0.125. The van der Waals surface area contributed by atoms with Crippen LogP contribution in [0.5, 0.6) is 0 Å². The van der Waals surface area contributed by atoms with E-state index in [0.717, 1.165) is 23.1 Å². The molecule has 4 fully saturated rings. The van der Waals surface area contributed by atoms with Crippen LogP contribution < -0.4 is 0 Å². The number of pyridine rings is 1. The molecule has 40 heavy (non-hydrogen) atoms. The summed E-state index contributed by atoms with van der Waals surface area (Å²) in [6, 6.07) is 17.6. The Morgan fingerprint density at radius 2 is 1.55 bits per heavy atom. The van der Waals surface area contributed by atoms with Gasteiger partial charge in [0.2, 0.25) is 0 Å². The van der Waals surface area contributed by atoms with E-state index in [4.69, 9.17) is 10.1 Å². The van der Waals surface area contributed by atoms with Crippen molar-refractivity contribution in [2.45, 2.75) is 103 Å². The van der Waals surface area contributed by atoms with Crippen molar-refractivity contribution in [2.75, 3.05) is 0 Å². The number of fused-ring (bicyclic) bond motifs is 5. The van der Waals surface area contributed by atoms with Crippen LogP contribution in [0, 0.1) is 31.7 Å². The average molecular weight is 713 g/mol. The van der Waals surface area contributed by atoms with E-state index in [0.29, 0.717) is 10.8 Å². The van der Waals surface area contributed by atoms with Gasteiger partial charge in [0.1, 0.15) is 0 Å². The molecular weight excluding hydrogens is 671 g/mol. The zero-order chi connectivity index (χ0) is 27.4. The quantitative estimate of drug-likeness (QED) is 0.167. The maximum atomic E-state index is 10.0. The summed E-state index contributed by atoms with van der Waals surface area (Å²) in [5.41, 5.74) is 10.2. The van der Waals surface area contributed by atoms with Gasteiger partial charge in [-0.15, -0.1) is 34.9 Å². The summed E-state index contributed by atoms with van der Waals surface area (Å²) in [7, 11) is 0. The molecule has 4 heteroatoms. The van der Waals surface area contributed by atoms with E-state index in [1.807, 2.05) is 0 Å². The smallest absolute Gasteiger partial charge is 0.155 e. The van der Waals surface area contributed by atoms with Crippen LogP contribution in [0.3, 0.4) is 0 Å². The van der Waals surface area contributed by atoms with E-state index in [-0.39, 0.29) is 31.6 Å². The topological polar surface area (TPSA) is 50.2 Å². The zero-order valence-corrected chi connectivity index (χ0v) is 26.8. The van der Waals surface area contributed by atoms with Gasteiger partial charge in [0.05, 0.1) is 11.3 Å². The van der Waals surface area contributed by atoms with E-state index in [1.165, 1.54) is 106 Å². The molecule has 0 spiro atoms. The van der Waals surface area contributed by atoms with Crippen molar-refractivity contribution in [3.63, 3.8) is 0 Å². The third-order valence-electron chi connectivity index (χ3n) is 10.3. The van der Waals surface area contributed by atoms with Gasteiger partial charge in [-0.25, -0.2) is 0 Å². The number of aliphatic hydroxyl groups excluding tert-OH is 1. The fourth-order valence-electron chi connectivity index (χ4n) is 8.81. The monoisotopic (exact) mass is 713 g/mol. The number of aryl methyl sites for hydroxylation is 2. The fraction of sp³-hybridized carbons (Fsp3) is 0.500. The number of carbonyl (C=O) groups is 1. The van der Waals surface area contributed by atoms with Crippen LogP contribution >= 0.6 is 0 Å². The Hall–Kier alpha value is -2.29. The first-order valence-corrected chi connectivity index (χ1v) is 15.0. The summed E-state index contributed by atoms with van der Waals surface area (Å²) in [6.07, 6.45) is 15.4. The summed E-state index contributed by atoms with van der Waals surface area (Å²) in [5.74, 6) is 1.89. The average Bonchev–Trinajstić information content (AvgIpc) is 3.69. The number of aromatic nitrogens is 1. The number of rotatable bonds is 4. The number of carbonyl (C=O) groups excluding carboxylic acids is 1. The molecule has 0 saturated heterocycles. The largest absolute Gasteiger partial charge is 0.512 e. The van der Waals surface area contributed by atoms with E-state index in [1.54, 1.807) is 11.1 Å². The Balaban J connectivity index is 0.000000362. The molecule has 4 aliphatic carbocycles. The third kappa shape index (κ3) is 5.35. The van der Waals surface area contributed by atoms with Crippen molar-refractivity contribution in [1.82, 2.24) is 4.98 Å². The first-order valence-electron chi connectivity index (χ1n) is 15.0. The van der Waals surface area contributed by atoms with Crippen LogP contribution in [0.15, 0.2) is 48.2 Å². The summed E-state index contributed by atoms with van der Waals surface area (Å²) in [5, 5.41) is 9.82. The second kappa shape index (κ2) is 11.2. The number of benzene rings is 2. The summed E-state index contributed by atoms with van der Waals surface area (Å²) in [4.78, 5) is 15.3. The van der Waals surface area contributed by atoms with Crippen molar-refractivity contribution in [1.29, 1.82) is 0 Å². The van der Waals surface area contributed by atoms with Crippen molar-refractivity contribution >= 4 is 16.7 Å². The first kappa shape index (κ1) is 29.2. The number of nitrogens with zero attached hydrogens (tertiary/aromatic N) is 1. The maximum Gasteiger partial charge on any atom is 0.155 e. The van der Waals surface area contributed by atoms with E-state index >= 15 is 0 Å². The molecule has 0 amide bonds. The van der Waals surface area contributed by atoms with Gasteiger partial charge in [-0.05, 0) is 124 Å². The van der Waals surface area contributed by atoms with Crippen molar-refractivity contribution in [3.05, 3.63) is 76.6 Å². The molecule has 4 aliphatic rings. The molecule has 1 radical (unpaired) electrons. The van der Waals surface area contributed by atoms with Gasteiger partial charge in [-0.1, -0.05) is 32.0 Å². The zero-order valence-electron chi connectivity index (χ0n) is 24.4. The Bertz CT molecular complexity index is 1430. The Morgan fingerprint density at radius 3 is 2.05 bits per heavy atom. The van der Waals surface area contributed by atoms with Gasteiger partial charge in [0.15, 0.2) is 5.78 Å². The molecule has 2 aromatic carbocycles. The number of hydrogen-bond donors (Lipinski definition) is 1. The molecule has 1 heterocycles. The normalized spacial score (nSPS) is 28.4. The van der Waals surface area contributed by atoms with Gasteiger partial charge in [0, 0.05) is 31.6 Å². The number of ketones is 1. The van der Waals surface area contributed by atoms with E-state index < -0.39 is 0 Å². The SMILES string of the molecule is CC(=O)/C=C(/C)O.Cc1[c-]c(-c2ccc3c(C45CCC(CC4)C5)c(C45CCC(CC4)C5)ccc3n2)cc(C)c1.[Ir]. The standard InChI is InChI=1S/C31H34N.C5H8O2.Ir/c1-20-15-21(2)17-24(16-20)27-5-3-25-28(32-27)6-4-26(30-11-7-22(18-30)8-12-30)29(25)31-13-9-23(19-31)10-14-31;1-4(6)3-5(2)7;/h3-6,15-16,22-23H,7-14,18-19H2,1-2H3;3,6H,1-2H3;/q-1;;/b;4-3-;. The molecule has 0 aliphatic heterocycles. The summed E-state index contributed by atoms with van der Waals surface area (Å²) in [6.45, 7) is 7.15. The van der Waals surface area contributed by atoms with Crippen LogP contribution in [0.1, 0.15) is 100 Å². The first-order chi connectivity index (χ1) is 18.7. The maximum absolute atomic E-state index is 10.0. The van der Waals surface area contributed by atoms with Crippen molar-refractivity contribution in [2.24, 2.45) is 11.8 Å². The molecular formula is C36H42IrNO2-. The molecule has 213 valence electrons. The number of aliphatic hydroxyl groups is 1. The molecule has 1 aromatic heterocycles. The molecule has 3 nitrogen and oxygen atoms in total. The van der Waals surface area contributed by atoms with Crippen LogP contribution in [-0.4, -0.2) is 15.9 Å². The molecule has 4 bridgehead atoms. The molecule has 0 unspecified atom stereocenters. The van der Waals surface area contributed by atoms with Gasteiger partial charge in [-0.2, -0.15) is 0 Å². The number of hydrogen-bond acceptors (Lipinski definition) is 3. The van der Waals surface area contributed by atoms with E-state index in [9.17, 15) is 4.79 Å². The minimum Gasteiger partial charge on any atom is -0.512 e. The van der Waals surface area contributed by atoms with Gasteiger partial charge >= 0.3 is 0 Å². The second-order valence-corrected chi connectivity index (χ2v) is 13.3.